The summed E-state index contributed by atoms with van der Waals surface area (Å²) >= 11 is 5.82. The van der Waals surface area contributed by atoms with Crippen LogP contribution in [0, 0.1) is 5.92 Å². The van der Waals surface area contributed by atoms with Gasteiger partial charge in [0.15, 0.2) is 0 Å². The Kier molecular flexibility index (Phi) is 3.76. The molecule has 1 atom stereocenters. The second kappa shape index (κ2) is 5.51. The lowest BCUT2D eigenvalue weighted by Crippen LogP contribution is -2.48. The van der Waals surface area contributed by atoms with Crippen molar-refractivity contribution in [3.8, 4) is 0 Å². The lowest BCUT2D eigenvalue weighted by atomic mass is 10.0. The number of hydrogen-bond donors (Lipinski definition) is 0. The Morgan fingerprint density at radius 1 is 1.32 bits per heavy atom. The SMILES string of the molecule is O=C(C1Cc2ccccc2C1)N1CCOC(CCl)C1. The normalized spacial score (nSPS) is 23.4. The molecule has 3 nitrogen and oxygen atoms in total. The minimum Gasteiger partial charge on any atom is -0.373 e. The van der Waals surface area contributed by atoms with E-state index in [1.165, 1.54) is 11.1 Å². The number of alkyl halides is 1. The van der Waals surface area contributed by atoms with Crippen molar-refractivity contribution >= 4 is 17.5 Å². The van der Waals surface area contributed by atoms with Crippen molar-refractivity contribution in [2.75, 3.05) is 25.6 Å². The number of benzene rings is 1. The van der Waals surface area contributed by atoms with Crippen molar-refractivity contribution in [1.29, 1.82) is 0 Å². The first-order valence-corrected chi connectivity index (χ1v) is 7.34. The van der Waals surface area contributed by atoms with E-state index < -0.39 is 0 Å². The zero-order valence-corrected chi connectivity index (χ0v) is 11.6. The third kappa shape index (κ3) is 2.63. The molecule has 1 aromatic rings. The predicted molar refractivity (Wildman–Crippen MR) is 74.4 cm³/mol. The molecule has 1 aliphatic carbocycles. The maximum atomic E-state index is 12.6. The molecule has 0 spiro atoms. The Hall–Kier alpha value is -1.06. The van der Waals surface area contributed by atoms with Gasteiger partial charge < -0.3 is 9.64 Å². The number of ether oxygens (including phenoxy) is 1. The van der Waals surface area contributed by atoms with E-state index in [0.717, 1.165) is 12.8 Å². The topological polar surface area (TPSA) is 29.5 Å². The molecule has 1 heterocycles. The molecule has 1 fully saturated rings. The lowest BCUT2D eigenvalue weighted by Gasteiger charge is -2.33. The van der Waals surface area contributed by atoms with Crippen LogP contribution < -0.4 is 0 Å². The highest BCUT2D eigenvalue weighted by Gasteiger charge is 2.32. The second-order valence-electron chi connectivity index (χ2n) is 5.31. The summed E-state index contributed by atoms with van der Waals surface area (Å²) in [6, 6.07) is 8.35. The van der Waals surface area contributed by atoms with Crippen LogP contribution in [0.5, 0.6) is 0 Å². The molecule has 0 aromatic heterocycles. The number of nitrogens with zero attached hydrogens (tertiary/aromatic N) is 1. The number of fused-ring (bicyclic) bond motifs is 1. The number of carbonyl (C=O) groups is 1. The van der Waals surface area contributed by atoms with E-state index in [4.69, 9.17) is 16.3 Å². The molecular formula is C15H18ClNO2. The summed E-state index contributed by atoms with van der Waals surface area (Å²) in [6.45, 7) is 1.93. The molecule has 3 rings (SSSR count). The second-order valence-corrected chi connectivity index (χ2v) is 5.61. The van der Waals surface area contributed by atoms with Crippen molar-refractivity contribution in [3.63, 3.8) is 0 Å². The van der Waals surface area contributed by atoms with Crippen LogP contribution in [0.15, 0.2) is 24.3 Å². The number of amides is 1. The van der Waals surface area contributed by atoms with Crippen LogP contribution in [0.4, 0.5) is 0 Å². The molecule has 1 unspecified atom stereocenters. The minimum atomic E-state index is -0.0110. The van der Waals surface area contributed by atoms with Gasteiger partial charge in [0.1, 0.15) is 0 Å². The number of rotatable bonds is 2. The van der Waals surface area contributed by atoms with Crippen LogP contribution in [0.2, 0.25) is 0 Å². The van der Waals surface area contributed by atoms with Gasteiger partial charge in [0.05, 0.1) is 18.6 Å². The fraction of sp³-hybridized carbons (Fsp3) is 0.533. The van der Waals surface area contributed by atoms with E-state index in [1.807, 2.05) is 17.0 Å². The largest absolute Gasteiger partial charge is 0.373 e. The first-order valence-electron chi connectivity index (χ1n) is 6.81. The van der Waals surface area contributed by atoms with Gasteiger partial charge in [-0.2, -0.15) is 0 Å². The van der Waals surface area contributed by atoms with Gasteiger partial charge in [-0.3, -0.25) is 4.79 Å². The third-order valence-electron chi connectivity index (χ3n) is 4.02. The molecule has 102 valence electrons. The summed E-state index contributed by atoms with van der Waals surface area (Å²) in [7, 11) is 0. The van der Waals surface area contributed by atoms with Gasteiger partial charge in [0, 0.05) is 19.0 Å². The molecule has 1 amide bonds. The molecule has 0 bridgehead atoms. The van der Waals surface area contributed by atoms with E-state index in [2.05, 4.69) is 12.1 Å². The Balaban J connectivity index is 1.66. The van der Waals surface area contributed by atoms with Crippen molar-refractivity contribution in [1.82, 2.24) is 4.90 Å². The summed E-state index contributed by atoms with van der Waals surface area (Å²) in [5.41, 5.74) is 2.64. The van der Waals surface area contributed by atoms with Crippen LogP contribution >= 0.6 is 11.6 Å². The molecule has 0 N–H and O–H groups in total. The Morgan fingerprint density at radius 3 is 2.63 bits per heavy atom. The third-order valence-corrected chi connectivity index (χ3v) is 4.37. The van der Waals surface area contributed by atoms with Crippen molar-refractivity contribution in [2.45, 2.75) is 18.9 Å². The Morgan fingerprint density at radius 2 is 2.00 bits per heavy atom. The van der Waals surface area contributed by atoms with E-state index in [1.54, 1.807) is 0 Å². The van der Waals surface area contributed by atoms with Crippen LogP contribution in [-0.4, -0.2) is 42.5 Å². The summed E-state index contributed by atoms with van der Waals surface area (Å²) in [6.07, 6.45) is 1.73. The Bertz CT molecular complexity index is 452. The highest BCUT2D eigenvalue weighted by molar-refractivity contribution is 6.18. The van der Waals surface area contributed by atoms with Crippen molar-refractivity contribution in [3.05, 3.63) is 35.4 Å². The van der Waals surface area contributed by atoms with Crippen LogP contribution in [-0.2, 0) is 22.4 Å². The average Bonchev–Trinajstić information content (AvgIpc) is 2.90. The summed E-state index contributed by atoms with van der Waals surface area (Å²) < 4.78 is 5.51. The smallest absolute Gasteiger partial charge is 0.226 e. The van der Waals surface area contributed by atoms with Gasteiger partial charge in [0.2, 0.25) is 5.91 Å². The first kappa shape index (κ1) is 12.9. The molecule has 0 saturated carbocycles. The molecule has 1 aliphatic heterocycles. The fourth-order valence-electron chi connectivity index (χ4n) is 3.00. The molecule has 19 heavy (non-hydrogen) atoms. The molecular weight excluding hydrogens is 262 g/mol. The van der Waals surface area contributed by atoms with E-state index in [9.17, 15) is 4.79 Å². The summed E-state index contributed by atoms with van der Waals surface area (Å²) in [5, 5.41) is 0. The monoisotopic (exact) mass is 279 g/mol. The Labute approximate surface area is 118 Å². The van der Waals surface area contributed by atoms with Gasteiger partial charge in [-0.05, 0) is 24.0 Å². The van der Waals surface area contributed by atoms with Gasteiger partial charge >= 0.3 is 0 Å². The van der Waals surface area contributed by atoms with Crippen molar-refractivity contribution in [2.24, 2.45) is 5.92 Å². The van der Waals surface area contributed by atoms with E-state index in [0.29, 0.717) is 25.6 Å². The van der Waals surface area contributed by atoms with Crippen LogP contribution in [0.3, 0.4) is 0 Å². The average molecular weight is 280 g/mol. The molecule has 1 saturated heterocycles. The number of carbonyl (C=O) groups excluding carboxylic acids is 1. The van der Waals surface area contributed by atoms with Gasteiger partial charge in [-0.25, -0.2) is 0 Å². The zero-order chi connectivity index (χ0) is 13.2. The van der Waals surface area contributed by atoms with E-state index in [-0.39, 0.29) is 17.9 Å². The highest BCUT2D eigenvalue weighted by atomic mass is 35.5. The highest BCUT2D eigenvalue weighted by Crippen LogP contribution is 2.28. The lowest BCUT2D eigenvalue weighted by molar-refractivity contribution is -0.142. The quantitative estimate of drug-likeness (QED) is 0.774. The molecule has 4 heteroatoms. The minimum absolute atomic E-state index is 0.0110. The zero-order valence-electron chi connectivity index (χ0n) is 10.8. The predicted octanol–water partition coefficient (Wildman–Crippen LogP) is 1.87. The number of halogens is 1. The summed E-state index contributed by atoms with van der Waals surface area (Å²) in [5.74, 6) is 0.815. The molecule has 2 aliphatic rings. The van der Waals surface area contributed by atoms with Crippen LogP contribution in [0.25, 0.3) is 0 Å². The number of morpholine rings is 1. The summed E-state index contributed by atoms with van der Waals surface area (Å²) in [4.78, 5) is 14.5. The van der Waals surface area contributed by atoms with Crippen molar-refractivity contribution < 1.29 is 9.53 Å². The van der Waals surface area contributed by atoms with Gasteiger partial charge in [-0.15, -0.1) is 11.6 Å². The standard InChI is InChI=1S/C15H18ClNO2/c16-9-14-10-17(5-6-19-14)15(18)13-7-11-3-1-2-4-12(11)8-13/h1-4,13-14H,5-10H2. The van der Waals surface area contributed by atoms with Gasteiger partial charge in [0.25, 0.3) is 0 Å². The van der Waals surface area contributed by atoms with Crippen LogP contribution in [0.1, 0.15) is 11.1 Å². The molecule has 1 aromatic carbocycles. The van der Waals surface area contributed by atoms with Gasteiger partial charge in [-0.1, -0.05) is 24.3 Å². The maximum absolute atomic E-state index is 12.6. The first-order chi connectivity index (χ1) is 9.28. The van der Waals surface area contributed by atoms with E-state index >= 15 is 0 Å². The molecule has 0 radical (unpaired) electrons. The number of hydrogen-bond acceptors (Lipinski definition) is 2. The fourth-order valence-corrected chi connectivity index (χ4v) is 3.19. The maximum Gasteiger partial charge on any atom is 0.226 e.